The molecule has 226 valence electrons. The standard InChI is InChI=1S/C26H48N4O8S/c27-9-4-2-5-10-29-24(32)8-12-35-13-14-36-15-16-37-17-18-38-19-20-39-22-21-25(33)30(26(22)34)11-6-1-3-7-23(28)31/h22H,1-21,27H2,(H2,28,31)(H,29,32). The van der Waals surface area contributed by atoms with Gasteiger partial charge in [-0.25, -0.2) is 0 Å². The molecule has 0 spiro atoms. The lowest BCUT2D eigenvalue weighted by atomic mass is 10.2. The zero-order chi connectivity index (χ0) is 28.6. The summed E-state index contributed by atoms with van der Waals surface area (Å²) in [4.78, 5) is 48.3. The molecule has 0 aromatic heterocycles. The van der Waals surface area contributed by atoms with Crippen LogP contribution in [0.4, 0.5) is 0 Å². The highest BCUT2D eigenvalue weighted by molar-refractivity contribution is 8.00. The first kappa shape index (κ1) is 35.3. The molecule has 0 aliphatic carbocycles. The van der Waals surface area contributed by atoms with Gasteiger partial charge in [-0.15, -0.1) is 11.8 Å². The first-order chi connectivity index (χ1) is 19.0. The van der Waals surface area contributed by atoms with Crippen LogP contribution in [-0.2, 0) is 38.1 Å². The van der Waals surface area contributed by atoms with E-state index in [4.69, 9.17) is 30.4 Å². The molecule has 0 aromatic rings. The van der Waals surface area contributed by atoms with Crippen molar-refractivity contribution >= 4 is 35.4 Å². The largest absolute Gasteiger partial charge is 0.379 e. The van der Waals surface area contributed by atoms with Crippen molar-refractivity contribution in [2.45, 2.75) is 63.0 Å². The van der Waals surface area contributed by atoms with E-state index >= 15 is 0 Å². The first-order valence-corrected chi connectivity index (χ1v) is 15.0. The fraction of sp³-hybridized carbons (Fsp3) is 0.846. The minimum absolute atomic E-state index is 0.00635. The van der Waals surface area contributed by atoms with Crippen molar-refractivity contribution in [2.24, 2.45) is 11.5 Å². The van der Waals surface area contributed by atoms with Crippen LogP contribution >= 0.6 is 11.8 Å². The Hall–Kier alpha value is -1.77. The zero-order valence-electron chi connectivity index (χ0n) is 23.2. The van der Waals surface area contributed by atoms with Gasteiger partial charge in [0.1, 0.15) is 0 Å². The van der Waals surface area contributed by atoms with E-state index in [2.05, 4.69) is 5.32 Å². The highest BCUT2D eigenvalue weighted by Crippen LogP contribution is 2.25. The zero-order valence-corrected chi connectivity index (χ0v) is 24.0. The number of primary amides is 1. The molecule has 1 aliphatic rings. The fourth-order valence-corrected chi connectivity index (χ4v) is 4.73. The summed E-state index contributed by atoms with van der Waals surface area (Å²) < 4.78 is 21.8. The molecule has 1 aliphatic heterocycles. The summed E-state index contributed by atoms with van der Waals surface area (Å²) in [5.41, 5.74) is 10.5. The van der Waals surface area contributed by atoms with Crippen molar-refractivity contribution in [2.75, 3.05) is 78.2 Å². The van der Waals surface area contributed by atoms with Gasteiger partial charge in [0.15, 0.2) is 0 Å². The molecule has 0 saturated carbocycles. The lowest BCUT2D eigenvalue weighted by Crippen LogP contribution is -2.32. The van der Waals surface area contributed by atoms with Crippen LogP contribution in [-0.4, -0.2) is 112 Å². The number of rotatable bonds is 27. The summed E-state index contributed by atoms with van der Waals surface area (Å²) >= 11 is 1.44. The first-order valence-electron chi connectivity index (χ1n) is 14.0. The second-order valence-corrected chi connectivity index (χ2v) is 10.4. The molecular formula is C26H48N4O8S. The molecule has 1 rings (SSSR count). The summed E-state index contributed by atoms with van der Waals surface area (Å²) in [5, 5.41) is 2.51. The number of likely N-dealkylation sites (tertiary alicyclic amines) is 1. The van der Waals surface area contributed by atoms with Crippen molar-refractivity contribution in [3.8, 4) is 0 Å². The predicted octanol–water partition coefficient (Wildman–Crippen LogP) is 0.595. The van der Waals surface area contributed by atoms with Crippen LogP contribution in [0.2, 0.25) is 0 Å². The second-order valence-electron chi connectivity index (χ2n) is 9.12. The molecule has 12 nitrogen and oxygen atoms in total. The minimum atomic E-state index is -0.349. The average Bonchev–Trinajstić information content (AvgIpc) is 3.17. The monoisotopic (exact) mass is 576 g/mol. The van der Waals surface area contributed by atoms with Crippen LogP contribution in [0, 0.1) is 0 Å². The Balaban J connectivity index is 1.86. The van der Waals surface area contributed by atoms with Gasteiger partial charge in [-0.1, -0.05) is 12.8 Å². The normalized spacial score (nSPS) is 15.3. The van der Waals surface area contributed by atoms with Gasteiger partial charge in [-0.2, -0.15) is 0 Å². The molecule has 1 atom stereocenters. The molecule has 0 aromatic carbocycles. The number of hydrogen-bond donors (Lipinski definition) is 3. The lowest BCUT2D eigenvalue weighted by Gasteiger charge is -2.14. The molecular weight excluding hydrogens is 528 g/mol. The molecule has 5 N–H and O–H groups in total. The molecule has 13 heteroatoms. The fourth-order valence-electron chi connectivity index (χ4n) is 3.70. The third-order valence-corrected chi connectivity index (χ3v) is 7.02. The van der Waals surface area contributed by atoms with Gasteiger partial charge in [0.2, 0.25) is 23.6 Å². The van der Waals surface area contributed by atoms with Crippen molar-refractivity contribution < 1.29 is 38.1 Å². The van der Waals surface area contributed by atoms with E-state index in [1.54, 1.807) is 0 Å². The molecule has 1 heterocycles. The predicted molar refractivity (Wildman–Crippen MR) is 149 cm³/mol. The van der Waals surface area contributed by atoms with Crippen molar-refractivity contribution in [3.05, 3.63) is 0 Å². The summed E-state index contributed by atoms with van der Waals surface area (Å²) in [6.45, 7) is 5.23. The maximum absolute atomic E-state index is 12.5. The topological polar surface area (TPSA) is 173 Å². The maximum atomic E-state index is 12.5. The molecule has 1 unspecified atom stereocenters. The Morgan fingerprint density at radius 3 is 2.08 bits per heavy atom. The van der Waals surface area contributed by atoms with E-state index in [0.29, 0.717) is 104 Å². The number of ether oxygens (including phenoxy) is 4. The number of thioether (sulfide) groups is 1. The van der Waals surface area contributed by atoms with E-state index in [9.17, 15) is 19.2 Å². The maximum Gasteiger partial charge on any atom is 0.242 e. The Kier molecular flexibility index (Phi) is 21.8. The molecule has 0 bridgehead atoms. The van der Waals surface area contributed by atoms with Gasteiger partial charge < -0.3 is 35.7 Å². The van der Waals surface area contributed by atoms with Crippen LogP contribution in [0.1, 0.15) is 57.8 Å². The van der Waals surface area contributed by atoms with Crippen molar-refractivity contribution in [1.29, 1.82) is 0 Å². The summed E-state index contributed by atoms with van der Waals surface area (Å²) in [7, 11) is 0. The SMILES string of the molecule is NCCCCCNC(=O)CCOCCOCCOCCOCCSC1CC(=O)N(CCCCCC(N)=O)C1=O. The average molecular weight is 577 g/mol. The van der Waals surface area contributed by atoms with Crippen molar-refractivity contribution in [3.63, 3.8) is 0 Å². The Labute approximate surface area is 236 Å². The third-order valence-electron chi connectivity index (χ3n) is 5.85. The number of hydrogen-bond acceptors (Lipinski definition) is 10. The highest BCUT2D eigenvalue weighted by Gasteiger charge is 2.38. The summed E-state index contributed by atoms with van der Waals surface area (Å²) in [6, 6.07) is 0. The van der Waals surface area contributed by atoms with Crippen LogP contribution < -0.4 is 16.8 Å². The Morgan fingerprint density at radius 1 is 0.821 bits per heavy atom. The van der Waals surface area contributed by atoms with Gasteiger partial charge in [0.25, 0.3) is 0 Å². The van der Waals surface area contributed by atoms with E-state index < -0.39 is 0 Å². The van der Waals surface area contributed by atoms with E-state index in [-0.39, 0.29) is 35.3 Å². The van der Waals surface area contributed by atoms with E-state index in [0.717, 1.165) is 25.7 Å². The number of nitrogens with one attached hydrogen (secondary N) is 1. The van der Waals surface area contributed by atoms with Gasteiger partial charge in [-0.3, -0.25) is 24.1 Å². The number of carbonyl (C=O) groups is 4. The van der Waals surface area contributed by atoms with E-state index in [1.807, 2.05) is 0 Å². The molecule has 39 heavy (non-hydrogen) atoms. The summed E-state index contributed by atoms with van der Waals surface area (Å²) in [5.74, 6) is 0.0104. The summed E-state index contributed by atoms with van der Waals surface area (Å²) in [6.07, 6.45) is 5.96. The van der Waals surface area contributed by atoms with Crippen LogP contribution in [0.15, 0.2) is 0 Å². The number of unbranched alkanes of at least 4 members (excludes halogenated alkanes) is 4. The molecule has 1 fully saturated rings. The number of nitrogens with two attached hydrogens (primary N) is 2. The minimum Gasteiger partial charge on any atom is -0.379 e. The molecule has 0 radical (unpaired) electrons. The third kappa shape index (κ3) is 19.0. The number of carbonyl (C=O) groups excluding carboxylic acids is 4. The van der Waals surface area contributed by atoms with Crippen LogP contribution in [0.5, 0.6) is 0 Å². The van der Waals surface area contributed by atoms with Gasteiger partial charge in [0.05, 0.1) is 58.1 Å². The lowest BCUT2D eigenvalue weighted by molar-refractivity contribution is -0.138. The Morgan fingerprint density at radius 2 is 1.44 bits per heavy atom. The number of amides is 4. The molecule has 4 amide bonds. The van der Waals surface area contributed by atoms with E-state index in [1.165, 1.54) is 16.7 Å². The van der Waals surface area contributed by atoms with Crippen LogP contribution in [0.3, 0.4) is 0 Å². The number of nitrogens with zero attached hydrogens (tertiary/aromatic N) is 1. The second kappa shape index (κ2) is 24.1. The smallest absolute Gasteiger partial charge is 0.242 e. The quantitative estimate of drug-likeness (QED) is 0.0928. The molecule has 1 saturated heterocycles. The number of imide groups is 1. The van der Waals surface area contributed by atoms with Crippen LogP contribution in [0.25, 0.3) is 0 Å². The van der Waals surface area contributed by atoms with Gasteiger partial charge >= 0.3 is 0 Å². The van der Waals surface area contributed by atoms with Crippen molar-refractivity contribution in [1.82, 2.24) is 10.2 Å². The van der Waals surface area contributed by atoms with Gasteiger partial charge in [-0.05, 0) is 32.2 Å². The van der Waals surface area contributed by atoms with Gasteiger partial charge in [0, 0.05) is 38.1 Å². The highest BCUT2D eigenvalue weighted by atomic mass is 32.2. The Bertz CT molecular complexity index is 701.